The summed E-state index contributed by atoms with van der Waals surface area (Å²) < 4.78 is 0. The summed E-state index contributed by atoms with van der Waals surface area (Å²) in [4.78, 5) is 60.9. The van der Waals surface area contributed by atoms with Crippen molar-refractivity contribution in [1.82, 2.24) is 21.3 Å². The van der Waals surface area contributed by atoms with Crippen molar-refractivity contribution in [2.75, 3.05) is 6.54 Å². The fourth-order valence-corrected chi connectivity index (χ4v) is 3.30. The standard InChI is InChI=1S/C20H35N5O6/c1-5-11(4)16(25-17(27)12-7-6-8-22-12)19(29)23-13(9-14(21)26)18(28)24-15(10(2)3)20(30)31/h10-13,15-16,22H,5-9H2,1-4H3,(H2,21,26)(H,23,29)(H,24,28)(H,25,27)(H,30,31). The van der Waals surface area contributed by atoms with Crippen LogP contribution in [0.1, 0.15) is 53.4 Å². The number of nitrogens with two attached hydrogens (primary N) is 1. The largest absolute Gasteiger partial charge is 0.480 e. The predicted octanol–water partition coefficient (Wildman–Crippen LogP) is -1.15. The lowest BCUT2D eigenvalue weighted by Crippen LogP contribution is -2.59. The van der Waals surface area contributed by atoms with E-state index in [4.69, 9.17) is 5.73 Å². The van der Waals surface area contributed by atoms with E-state index in [9.17, 15) is 29.1 Å². The first-order chi connectivity index (χ1) is 14.5. The van der Waals surface area contributed by atoms with Crippen LogP contribution in [0.15, 0.2) is 0 Å². The lowest BCUT2D eigenvalue weighted by molar-refractivity contribution is -0.143. The van der Waals surface area contributed by atoms with E-state index < -0.39 is 54.2 Å². The van der Waals surface area contributed by atoms with E-state index in [1.165, 1.54) is 0 Å². The van der Waals surface area contributed by atoms with Crippen LogP contribution in [0.2, 0.25) is 0 Å². The molecule has 1 rings (SSSR count). The molecular weight excluding hydrogens is 406 g/mol. The molecule has 0 radical (unpaired) electrons. The number of carbonyl (C=O) groups is 5. The molecule has 5 atom stereocenters. The zero-order valence-corrected chi connectivity index (χ0v) is 18.6. The highest BCUT2D eigenvalue weighted by Crippen LogP contribution is 2.12. The van der Waals surface area contributed by atoms with Gasteiger partial charge in [-0.15, -0.1) is 0 Å². The second-order valence-corrected chi connectivity index (χ2v) is 8.32. The second kappa shape index (κ2) is 12.2. The molecule has 1 aliphatic rings. The molecule has 1 saturated heterocycles. The molecular formula is C20H35N5O6. The maximum Gasteiger partial charge on any atom is 0.326 e. The molecule has 5 unspecified atom stereocenters. The number of nitrogens with one attached hydrogen (secondary N) is 4. The van der Waals surface area contributed by atoms with Gasteiger partial charge in [0.2, 0.25) is 23.6 Å². The summed E-state index contributed by atoms with van der Waals surface area (Å²) in [6.45, 7) is 7.60. The summed E-state index contributed by atoms with van der Waals surface area (Å²) in [6, 6.07) is -3.87. The monoisotopic (exact) mass is 441 g/mol. The number of carboxylic acid groups (broad SMARTS) is 1. The van der Waals surface area contributed by atoms with E-state index in [2.05, 4.69) is 21.3 Å². The minimum absolute atomic E-state index is 0.245. The number of carboxylic acids is 1. The lowest BCUT2D eigenvalue weighted by atomic mass is 9.97. The Morgan fingerprint density at radius 3 is 2.13 bits per heavy atom. The van der Waals surface area contributed by atoms with Gasteiger partial charge < -0.3 is 32.1 Å². The molecule has 4 amide bonds. The molecule has 0 spiro atoms. The fraction of sp³-hybridized carbons (Fsp3) is 0.750. The highest BCUT2D eigenvalue weighted by Gasteiger charge is 2.34. The number of hydrogen-bond acceptors (Lipinski definition) is 6. The average molecular weight is 442 g/mol. The van der Waals surface area contributed by atoms with Gasteiger partial charge in [-0.2, -0.15) is 0 Å². The molecule has 11 heteroatoms. The summed E-state index contributed by atoms with van der Waals surface area (Å²) in [7, 11) is 0. The highest BCUT2D eigenvalue weighted by molar-refractivity contribution is 5.96. The van der Waals surface area contributed by atoms with Gasteiger partial charge in [-0.25, -0.2) is 4.79 Å². The third kappa shape index (κ3) is 8.16. The van der Waals surface area contributed by atoms with Gasteiger partial charge in [0.15, 0.2) is 0 Å². The van der Waals surface area contributed by atoms with Crippen LogP contribution in [0.25, 0.3) is 0 Å². The van der Waals surface area contributed by atoms with Gasteiger partial charge in [0.25, 0.3) is 0 Å². The quantitative estimate of drug-likeness (QED) is 0.221. The summed E-state index contributed by atoms with van der Waals surface area (Å²) in [5, 5.41) is 19.9. The molecule has 31 heavy (non-hydrogen) atoms. The Balaban J connectivity index is 2.96. The number of carbonyl (C=O) groups excluding carboxylic acids is 4. The highest BCUT2D eigenvalue weighted by atomic mass is 16.4. The number of aliphatic carboxylic acids is 1. The molecule has 0 aromatic carbocycles. The van der Waals surface area contributed by atoms with E-state index in [1.54, 1.807) is 20.8 Å². The molecule has 0 bridgehead atoms. The van der Waals surface area contributed by atoms with E-state index in [1.807, 2.05) is 6.92 Å². The van der Waals surface area contributed by atoms with Gasteiger partial charge in [-0.1, -0.05) is 34.1 Å². The number of rotatable bonds is 12. The second-order valence-electron chi connectivity index (χ2n) is 8.32. The Kier molecular flexibility index (Phi) is 10.4. The number of primary amides is 1. The van der Waals surface area contributed by atoms with Crippen molar-refractivity contribution in [2.45, 2.75) is 77.5 Å². The molecule has 0 aromatic rings. The van der Waals surface area contributed by atoms with Gasteiger partial charge in [0.1, 0.15) is 18.1 Å². The Morgan fingerprint density at radius 2 is 1.68 bits per heavy atom. The summed E-state index contributed by atoms with van der Waals surface area (Å²) in [5.74, 6) is -4.52. The van der Waals surface area contributed by atoms with E-state index in [0.717, 1.165) is 13.0 Å². The van der Waals surface area contributed by atoms with Gasteiger partial charge >= 0.3 is 5.97 Å². The Hall–Kier alpha value is -2.69. The van der Waals surface area contributed by atoms with Crippen LogP contribution in [0.5, 0.6) is 0 Å². The maximum absolute atomic E-state index is 12.9. The van der Waals surface area contributed by atoms with Gasteiger partial charge in [-0.05, 0) is 31.2 Å². The van der Waals surface area contributed by atoms with Crippen molar-refractivity contribution in [1.29, 1.82) is 0 Å². The Labute approximate surface area is 182 Å². The number of hydrogen-bond donors (Lipinski definition) is 6. The molecule has 7 N–H and O–H groups in total. The zero-order valence-electron chi connectivity index (χ0n) is 18.6. The first-order valence-electron chi connectivity index (χ1n) is 10.6. The van der Waals surface area contributed by atoms with Crippen LogP contribution >= 0.6 is 0 Å². The fourth-order valence-electron chi connectivity index (χ4n) is 3.30. The van der Waals surface area contributed by atoms with Crippen LogP contribution in [0, 0.1) is 11.8 Å². The van der Waals surface area contributed by atoms with E-state index >= 15 is 0 Å². The molecule has 1 heterocycles. The van der Waals surface area contributed by atoms with Crippen LogP contribution in [-0.2, 0) is 24.0 Å². The topological polar surface area (TPSA) is 180 Å². The van der Waals surface area contributed by atoms with Crippen molar-refractivity contribution in [3.05, 3.63) is 0 Å². The summed E-state index contributed by atoms with van der Waals surface area (Å²) in [6.07, 6.45) is 1.60. The molecule has 0 saturated carbocycles. The van der Waals surface area contributed by atoms with Gasteiger partial charge in [0, 0.05) is 0 Å². The minimum atomic E-state index is -1.36. The summed E-state index contributed by atoms with van der Waals surface area (Å²) in [5.41, 5.74) is 5.22. The SMILES string of the molecule is CCC(C)C(NC(=O)C1CCCN1)C(=O)NC(CC(N)=O)C(=O)NC(C(=O)O)C(C)C. The molecule has 1 fully saturated rings. The molecule has 0 aromatic heterocycles. The van der Waals surface area contributed by atoms with Crippen molar-refractivity contribution < 1.29 is 29.1 Å². The molecule has 0 aliphatic carbocycles. The Bertz CT molecular complexity index is 677. The minimum Gasteiger partial charge on any atom is -0.480 e. The maximum atomic E-state index is 12.9. The van der Waals surface area contributed by atoms with Crippen LogP contribution in [0.3, 0.4) is 0 Å². The van der Waals surface area contributed by atoms with E-state index in [0.29, 0.717) is 12.8 Å². The lowest BCUT2D eigenvalue weighted by Gasteiger charge is -2.28. The van der Waals surface area contributed by atoms with Crippen LogP contribution < -0.4 is 27.0 Å². The van der Waals surface area contributed by atoms with Crippen molar-refractivity contribution in [2.24, 2.45) is 17.6 Å². The predicted molar refractivity (Wildman–Crippen MR) is 113 cm³/mol. The smallest absolute Gasteiger partial charge is 0.326 e. The van der Waals surface area contributed by atoms with Crippen molar-refractivity contribution in [3.8, 4) is 0 Å². The third-order valence-corrected chi connectivity index (χ3v) is 5.44. The Morgan fingerprint density at radius 1 is 1.03 bits per heavy atom. The van der Waals surface area contributed by atoms with Crippen molar-refractivity contribution in [3.63, 3.8) is 0 Å². The average Bonchev–Trinajstić information content (AvgIpc) is 3.22. The third-order valence-electron chi connectivity index (χ3n) is 5.44. The van der Waals surface area contributed by atoms with E-state index in [-0.39, 0.29) is 17.9 Å². The first kappa shape index (κ1) is 26.3. The zero-order chi connectivity index (χ0) is 23.7. The molecule has 11 nitrogen and oxygen atoms in total. The molecule has 176 valence electrons. The van der Waals surface area contributed by atoms with Crippen LogP contribution in [-0.4, -0.2) is 65.4 Å². The van der Waals surface area contributed by atoms with Crippen LogP contribution in [0.4, 0.5) is 0 Å². The van der Waals surface area contributed by atoms with Gasteiger partial charge in [0.05, 0.1) is 12.5 Å². The molecule has 1 aliphatic heterocycles. The summed E-state index contributed by atoms with van der Waals surface area (Å²) >= 11 is 0. The normalized spacial score (nSPS) is 19.7. The first-order valence-corrected chi connectivity index (χ1v) is 10.6. The number of amides is 4. The van der Waals surface area contributed by atoms with Gasteiger partial charge in [-0.3, -0.25) is 19.2 Å². The van der Waals surface area contributed by atoms with Crippen molar-refractivity contribution >= 4 is 29.6 Å².